The Bertz CT molecular complexity index is 1150. The van der Waals surface area contributed by atoms with E-state index in [1.807, 2.05) is 54.6 Å². The predicted octanol–water partition coefficient (Wildman–Crippen LogP) is 3.25. The molecule has 2 aromatic rings. The quantitative estimate of drug-likeness (QED) is 0.248. The largest absolute Gasteiger partial charge is 0.497 e. The van der Waals surface area contributed by atoms with E-state index in [0.717, 1.165) is 29.2 Å². The number of ether oxygens (including phenoxy) is 1. The Hall–Kier alpha value is -2.82. The maximum Gasteiger partial charge on any atom is 0.243 e. The van der Waals surface area contributed by atoms with Crippen LogP contribution in [0.3, 0.4) is 0 Å². The molecule has 0 bridgehead atoms. The molecule has 1 unspecified atom stereocenters. The van der Waals surface area contributed by atoms with Gasteiger partial charge in [0, 0.05) is 24.1 Å². The molecule has 0 heterocycles. The van der Waals surface area contributed by atoms with Gasteiger partial charge in [-0.1, -0.05) is 75.2 Å². The normalized spacial score (nSPS) is 14.2. The molecule has 3 atom stereocenters. The van der Waals surface area contributed by atoms with Gasteiger partial charge in [-0.3, -0.25) is 14.3 Å². The Morgan fingerprint density at radius 3 is 2.03 bits per heavy atom. The lowest BCUT2D eigenvalue weighted by molar-refractivity contribution is -0.130. The van der Waals surface area contributed by atoms with Crippen molar-refractivity contribution >= 4 is 34.5 Å². The van der Waals surface area contributed by atoms with Crippen molar-refractivity contribution in [2.24, 2.45) is 5.92 Å². The number of thiol groups is 1. The third kappa shape index (κ3) is 11.7. The minimum atomic E-state index is -3.36. The molecule has 2 rings (SSSR count). The summed E-state index contributed by atoms with van der Waals surface area (Å²) >= 11 is 4.15. The van der Waals surface area contributed by atoms with Crippen LogP contribution in [0, 0.1) is 5.92 Å². The first-order valence-corrected chi connectivity index (χ1v) is 15.0. The zero-order valence-electron chi connectivity index (χ0n) is 22.4. The smallest absolute Gasteiger partial charge is 0.243 e. The van der Waals surface area contributed by atoms with Gasteiger partial charge in [-0.2, -0.15) is 0 Å². The van der Waals surface area contributed by atoms with E-state index < -0.39 is 33.9 Å². The number of carbonyl (C=O) groups is 2. The summed E-state index contributed by atoms with van der Waals surface area (Å²) in [5.74, 6) is 0.319. The van der Waals surface area contributed by atoms with Gasteiger partial charge in [-0.25, -0.2) is 8.42 Å². The minimum absolute atomic E-state index is 0.271. The fourth-order valence-electron chi connectivity index (χ4n) is 3.78. The zero-order valence-corrected chi connectivity index (χ0v) is 24.1. The number of sulfone groups is 1. The highest BCUT2D eigenvalue weighted by molar-refractivity contribution is 7.93. The molecular weight excluding hydrogens is 522 g/mol. The number of hydrogen-bond acceptors (Lipinski definition) is 7. The molecule has 2 aromatic carbocycles. The van der Waals surface area contributed by atoms with Crippen LogP contribution in [-0.2, 0) is 32.3 Å². The fourth-order valence-corrected chi connectivity index (χ4v) is 4.46. The summed E-state index contributed by atoms with van der Waals surface area (Å²) in [6.07, 6.45) is 4.59. The molecule has 0 aliphatic rings. The average Bonchev–Trinajstić information content (AvgIpc) is 2.88. The Balaban J connectivity index is 2.22. The fraction of sp³-hybridized carbons (Fsp3) is 0.429. The van der Waals surface area contributed by atoms with E-state index in [4.69, 9.17) is 4.74 Å². The zero-order chi connectivity index (χ0) is 28.1. The van der Waals surface area contributed by atoms with Gasteiger partial charge in [0.25, 0.3) is 0 Å². The van der Waals surface area contributed by atoms with Crippen LogP contribution in [0.2, 0.25) is 0 Å². The standard InChI is InChI=1S/C28H39N3O5S2/c1-20(2)10-13-23(16-17-38(4,34)35)29-27(32)25(18-21-8-6-5-7-9-21)30-28(33)26(31-37)19-22-11-14-24(36-3)15-12-22/h5-9,11-12,14-17,20,23,25-26,31,37H,10,13,18-19H2,1-4H3,(H,29,32)(H,30,33)/b17-16+/t23-,25-,26?/m0/s1. The second kappa shape index (κ2) is 15.6. The molecule has 0 saturated heterocycles. The van der Waals surface area contributed by atoms with E-state index in [1.54, 1.807) is 7.11 Å². The summed E-state index contributed by atoms with van der Waals surface area (Å²) in [7, 11) is -1.77. The summed E-state index contributed by atoms with van der Waals surface area (Å²) in [6.45, 7) is 4.12. The van der Waals surface area contributed by atoms with Crippen molar-refractivity contribution in [3.63, 3.8) is 0 Å². The third-order valence-electron chi connectivity index (χ3n) is 5.93. The molecule has 3 N–H and O–H groups in total. The number of hydrogen-bond donors (Lipinski definition) is 4. The van der Waals surface area contributed by atoms with Crippen molar-refractivity contribution in [3.05, 3.63) is 77.2 Å². The molecule has 2 amide bonds. The predicted molar refractivity (Wildman–Crippen MR) is 155 cm³/mol. The van der Waals surface area contributed by atoms with E-state index >= 15 is 0 Å². The number of carbonyl (C=O) groups excluding carboxylic acids is 2. The van der Waals surface area contributed by atoms with Gasteiger partial charge >= 0.3 is 0 Å². The molecule has 0 aliphatic carbocycles. The van der Waals surface area contributed by atoms with Crippen molar-refractivity contribution in [3.8, 4) is 5.75 Å². The lowest BCUT2D eigenvalue weighted by Crippen LogP contribution is -2.54. The van der Waals surface area contributed by atoms with Crippen LogP contribution in [0.5, 0.6) is 5.75 Å². The van der Waals surface area contributed by atoms with Gasteiger partial charge in [0.1, 0.15) is 11.8 Å². The van der Waals surface area contributed by atoms with Gasteiger partial charge in [0.15, 0.2) is 9.84 Å². The highest BCUT2D eigenvalue weighted by Crippen LogP contribution is 2.14. The Morgan fingerprint density at radius 1 is 0.895 bits per heavy atom. The maximum atomic E-state index is 13.4. The molecule has 0 fully saturated rings. The molecule has 0 radical (unpaired) electrons. The van der Waals surface area contributed by atoms with Gasteiger partial charge < -0.3 is 15.4 Å². The summed E-state index contributed by atoms with van der Waals surface area (Å²) in [6, 6.07) is 14.7. The monoisotopic (exact) mass is 561 g/mol. The Labute approximate surface area is 232 Å². The summed E-state index contributed by atoms with van der Waals surface area (Å²) < 4.78 is 31.3. The van der Waals surface area contributed by atoms with Gasteiger partial charge in [0.2, 0.25) is 11.8 Å². The summed E-state index contributed by atoms with van der Waals surface area (Å²) in [4.78, 5) is 26.7. The van der Waals surface area contributed by atoms with Crippen LogP contribution in [0.15, 0.2) is 66.1 Å². The summed E-state index contributed by atoms with van der Waals surface area (Å²) in [5, 5.41) is 6.91. The number of rotatable bonds is 15. The maximum absolute atomic E-state index is 13.4. The van der Waals surface area contributed by atoms with Crippen LogP contribution in [0.4, 0.5) is 0 Å². The first kappa shape index (κ1) is 31.4. The highest BCUT2D eigenvalue weighted by Gasteiger charge is 2.27. The van der Waals surface area contributed by atoms with Crippen LogP contribution >= 0.6 is 12.8 Å². The van der Waals surface area contributed by atoms with Crippen molar-refractivity contribution < 1.29 is 22.7 Å². The van der Waals surface area contributed by atoms with E-state index in [0.29, 0.717) is 24.5 Å². The van der Waals surface area contributed by atoms with Crippen molar-refractivity contribution in [2.45, 2.75) is 57.7 Å². The summed E-state index contributed by atoms with van der Waals surface area (Å²) in [5.41, 5.74) is 1.78. The molecular formula is C28H39N3O5S2. The molecule has 0 aliphatic heterocycles. The van der Waals surface area contributed by atoms with Gasteiger partial charge in [0.05, 0.1) is 13.2 Å². The minimum Gasteiger partial charge on any atom is -0.497 e. The second-order valence-electron chi connectivity index (χ2n) is 9.73. The Kier molecular flexibility index (Phi) is 12.9. The van der Waals surface area contributed by atoms with E-state index in [1.165, 1.54) is 6.08 Å². The Morgan fingerprint density at radius 2 is 1.47 bits per heavy atom. The molecule has 38 heavy (non-hydrogen) atoms. The number of amides is 2. The van der Waals surface area contributed by atoms with Gasteiger partial charge in [-0.05, 0) is 48.4 Å². The lowest BCUT2D eigenvalue weighted by atomic mass is 10.0. The molecule has 8 nitrogen and oxygen atoms in total. The van der Waals surface area contributed by atoms with Crippen molar-refractivity contribution in [1.82, 2.24) is 15.4 Å². The van der Waals surface area contributed by atoms with E-state index in [-0.39, 0.29) is 12.3 Å². The van der Waals surface area contributed by atoms with Crippen molar-refractivity contribution in [2.75, 3.05) is 13.4 Å². The average molecular weight is 562 g/mol. The second-order valence-corrected chi connectivity index (χ2v) is 11.9. The van der Waals surface area contributed by atoms with Gasteiger partial charge in [-0.15, -0.1) is 0 Å². The molecule has 208 valence electrons. The highest BCUT2D eigenvalue weighted by atomic mass is 32.2. The molecule has 0 aromatic heterocycles. The van der Waals surface area contributed by atoms with E-state index in [9.17, 15) is 18.0 Å². The van der Waals surface area contributed by atoms with Crippen LogP contribution < -0.4 is 20.1 Å². The first-order chi connectivity index (χ1) is 18.0. The van der Waals surface area contributed by atoms with Crippen molar-refractivity contribution in [1.29, 1.82) is 0 Å². The topological polar surface area (TPSA) is 114 Å². The third-order valence-corrected chi connectivity index (χ3v) is 6.89. The van der Waals surface area contributed by atoms with Crippen LogP contribution in [0.25, 0.3) is 0 Å². The molecule has 10 heteroatoms. The lowest BCUT2D eigenvalue weighted by Gasteiger charge is -2.24. The first-order valence-electron chi connectivity index (χ1n) is 12.6. The number of benzene rings is 2. The number of methoxy groups -OCH3 is 1. The SMILES string of the molecule is COc1ccc(CC(NS)C(=O)N[C@@H](Cc2ccccc2)C(=O)N[C@H](/C=C/S(C)(=O)=O)CCC(C)C)cc1. The van der Waals surface area contributed by atoms with Crippen LogP contribution in [-0.4, -0.2) is 51.7 Å². The number of nitrogens with one attached hydrogen (secondary N) is 3. The van der Waals surface area contributed by atoms with Crippen LogP contribution in [0.1, 0.15) is 37.8 Å². The molecule has 0 spiro atoms. The molecule has 0 saturated carbocycles. The van der Waals surface area contributed by atoms with E-state index in [2.05, 4.69) is 42.0 Å².